The number of carbonyl (C=O) groups is 2. The van der Waals surface area contributed by atoms with Crippen LogP contribution in [0, 0.1) is 5.41 Å². The number of primary amides is 1. The van der Waals surface area contributed by atoms with Crippen LogP contribution < -0.4 is 15.8 Å². The first kappa shape index (κ1) is 25.4. The number of benzene rings is 2. The molecule has 1 unspecified atom stereocenters. The van der Waals surface area contributed by atoms with Gasteiger partial charge in [0.05, 0.1) is 28.4 Å². The minimum Gasteiger partial charge on any atom is -0.748 e. The van der Waals surface area contributed by atoms with Gasteiger partial charge in [0, 0.05) is 12.1 Å². The monoisotopic (exact) mass is 461 g/mol. The smallest absolute Gasteiger partial charge is 0.251 e. The molecule has 0 aliphatic heterocycles. The summed E-state index contributed by atoms with van der Waals surface area (Å²) in [6.45, 7) is 6.55. The van der Waals surface area contributed by atoms with E-state index in [1.807, 2.05) is 24.3 Å². The second-order valence-electron chi connectivity index (χ2n) is 8.79. The Kier molecular flexibility index (Phi) is 8.40. The summed E-state index contributed by atoms with van der Waals surface area (Å²) in [5, 5.41) is 2.38. The summed E-state index contributed by atoms with van der Waals surface area (Å²) in [6, 6.07) is 13.8. The van der Waals surface area contributed by atoms with E-state index in [1.54, 1.807) is 24.3 Å². The van der Waals surface area contributed by atoms with Gasteiger partial charge in [-0.2, -0.15) is 0 Å². The van der Waals surface area contributed by atoms with E-state index in [4.69, 9.17) is 10.5 Å². The Labute approximate surface area is 188 Å². The van der Waals surface area contributed by atoms with Gasteiger partial charge in [0.1, 0.15) is 5.75 Å². The quantitative estimate of drug-likeness (QED) is 0.520. The van der Waals surface area contributed by atoms with Crippen molar-refractivity contribution in [3.05, 3.63) is 65.2 Å². The van der Waals surface area contributed by atoms with E-state index < -0.39 is 33.6 Å². The van der Waals surface area contributed by atoms with Crippen molar-refractivity contribution in [2.24, 2.45) is 11.1 Å². The molecule has 0 bridgehead atoms. The summed E-state index contributed by atoms with van der Waals surface area (Å²) in [4.78, 5) is 24.1. The summed E-state index contributed by atoms with van der Waals surface area (Å²) >= 11 is 0. The van der Waals surface area contributed by atoms with Crippen LogP contribution in [0.4, 0.5) is 0 Å². The van der Waals surface area contributed by atoms with Crippen molar-refractivity contribution in [2.45, 2.75) is 33.1 Å². The number of hydrogen-bond acceptors (Lipinski definition) is 6. The van der Waals surface area contributed by atoms with Crippen LogP contribution in [-0.4, -0.2) is 43.7 Å². The van der Waals surface area contributed by atoms with Crippen molar-refractivity contribution in [1.29, 1.82) is 0 Å². The summed E-state index contributed by atoms with van der Waals surface area (Å²) in [5.41, 5.74) is 7.55. The highest BCUT2D eigenvalue weighted by Crippen LogP contribution is 2.25. The third-order valence-corrected chi connectivity index (χ3v) is 5.30. The third kappa shape index (κ3) is 8.68. The van der Waals surface area contributed by atoms with Crippen LogP contribution in [0.1, 0.15) is 48.2 Å². The second kappa shape index (κ2) is 10.6. The Bertz CT molecular complexity index is 1030. The second-order valence-corrected chi connectivity index (χ2v) is 10.3. The Morgan fingerprint density at radius 3 is 2.16 bits per heavy atom. The van der Waals surface area contributed by atoms with Crippen LogP contribution in [0.2, 0.25) is 0 Å². The molecular formula is C23H29N2O6S-. The molecule has 1 atom stereocenters. The highest BCUT2D eigenvalue weighted by atomic mass is 32.2. The Morgan fingerprint density at radius 1 is 1.06 bits per heavy atom. The first-order valence-electron chi connectivity index (χ1n) is 10.2. The molecule has 9 heteroatoms. The topological polar surface area (TPSA) is 139 Å². The van der Waals surface area contributed by atoms with Gasteiger partial charge in [-0.05, 0) is 47.2 Å². The molecule has 8 nitrogen and oxygen atoms in total. The van der Waals surface area contributed by atoms with Crippen molar-refractivity contribution in [1.82, 2.24) is 5.32 Å². The van der Waals surface area contributed by atoms with Gasteiger partial charge in [0.25, 0.3) is 5.91 Å². The van der Waals surface area contributed by atoms with Gasteiger partial charge in [-0.1, -0.05) is 45.0 Å². The number of hydrogen-bond donors (Lipinski definition) is 2. The molecule has 0 aromatic heterocycles. The highest BCUT2D eigenvalue weighted by Gasteiger charge is 2.19. The molecule has 2 aromatic rings. The molecule has 2 rings (SSSR count). The van der Waals surface area contributed by atoms with E-state index >= 15 is 0 Å². The normalized spacial score (nSPS) is 12.8. The molecule has 0 heterocycles. The predicted octanol–water partition coefficient (Wildman–Crippen LogP) is 2.20. The lowest BCUT2D eigenvalue weighted by molar-refractivity contribution is -0.119. The number of rotatable bonds is 10. The average Bonchev–Trinajstić information content (AvgIpc) is 2.69. The van der Waals surface area contributed by atoms with E-state index in [1.165, 1.54) is 0 Å². The van der Waals surface area contributed by atoms with Crippen molar-refractivity contribution >= 4 is 21.9 Å². The standard InChI is InChI=1S/C23H30N2O6S/c1-23(2,3)15-31-19-10-8-17(9-11-19)20(21(24)26)14-16-4-6-18(7-5-16)22(27)25-12-13-32(28,29)30/h4-11,20H,12-15H2,1-3H3,(H2,24,26)(H,25,27)(H,28,29,30)/p-1. The van der Waals surface area contributed by atoms with E-state index in [0.717, 1.165) is 11.1 Å². The van der Waals surface area contributed by atoms with E-state index in [-0.39, 0.29) is 12.0 Å². The third-order valence-electron chi connectivity index (χ3n) is 4.59. The predicted molar refractivity (Wildman–Crippen MR) is 120 cm³/mol. The average molecular weight is 462 g/mol. The molecule has 0 radical (unpaired) electrons. The number of nitrogens with two attached hydrogens (primary N) is 1. The van der Waals surface area contributed by atoms with Gasteiger partial charge >= 0.3 is 0 Å². The largest absolute Gasteiger partial charge is 0.748 e. The van der Waals surface area contributed by atoms with Gasteiger partial charge in [0.15, 0.2) is 0 Å². The summed E-state index contributed by atoms with van der Waals surface area (Å²) in [5.74, 6) is -1.45. The fourth-order valence-corrected chi connectivity index (χ4v) is 3.25. The van der Waals surface area contributed by atoms with E-state index in [9.17, 15) is 22.6 Å². The molecule has 0 saturated carbocycles. The van der Waals surface area contributed by atoms with Crippen LogP contribution in [0.25, 0.3) is 0 Å². The molecule has 3 N–H and O–H groups in total. The molecule has 0 aliphatic carbocycles. The maximum absolute atomic E-state index is 12.1. The van der Waals surface area contributed by atoms with Crippen LogP contribution >= 0.6 is 0 Å². The van der Waals surface area contributed by atoms with Crippen LogP contribution in [0.5, 0.6) is 5.75 Å². The first-order valence-corrected chi connectivity index (χ1v) is 11.7. The molecular weight excluding hydrogens is 432 g/mol. The molecule has 174 valence electrons. The fourth-order valence-electron chi connectivity index (χ4n) is 2.90. The number of amides is 2. The zero-order valence-corrected chi connectivity index (χ0v) is 19.3. The Balaban J connectivity index is 2.02. The van der Waals surface area contributed by atoms with Crippen molar-refractivity contribution in [3.8, 4) is 5.75 Å². The number of carbonyl (C=O) groups excluding carboxylic acids is 2. The fraction of sp³-hybridized carbons (Fsp3) is 0.391. The molecule has 32 heavy (non-hydrogen) atoms. The van der Waals surface area contributed by atoms with Gasteiger partial charge in [-0.3, -0.25) is 9.59 Å². The lowest BCUT2D eigenvalue weighted by Crippen LogP contribution is -2.29. The van der Waals surface area contributed by atoms with Gasteiger partial charge < -0.3 is 20.3 Å². The highest BCUT2D eigenvalue weighted by molar-refractivity contribution is 7.85. The van der Waals surface area contributed by atoms with Crippen LogP contribution in [0.3, 0.4) is 0 Å². The Hall–Kier alpha value is -2.91. The van der Waals surface area contributed by atoms with E-state index in [0.29, 0.717) is 24.3 Å². The number of nitrogens with one attached hydrogen (secondary N) is 1. The minimum atomic E-state index is -4.39. The lowest BCUT2D eigenvalue weighted by Gasteiger charge is -2.19. The van der Waals surface area contributed by atoms with Gasteiger partial charge in [-0.25, -0.2) is 8.42 Å². The van der Waals surface area contributed by atoms with E-state index in [2.05, 4.69) is 26.1 Å². The molecule has 0 spiro atoms. The van der Waals surface area contributed by atoms with Crippen LogP contribution in [0.15, 0.2) is 48.5 Å². The van der Waals surface area contributed by atoms with Crippen LogP contribution in [-0.2, 0) is 21.3 Å². The number of ether oxygens (including phenoxy) is 1. The lowest BCUT2D eigenvalue weighted by atomic mass is 9.91. The minimum absolute atomic E-state index is 0.0330. The SMILES string of the molecule is CC(C)(C)COc1ccc(C(Cc2ccc(C(=O)NCCS(=O)(=O)[O-])cc2)C(N)=O)cc1. The van der Waals surface area contributed by atoms with Crippen molar-refractivity contribution < 1.29 is 27.3 Å². The molecule has 0 aliphatic rings. The molecule has 0 saturated heterocycles. The maximum atomic E-state index is 12.1. The Morgan fingerprint density at radius 2 is 1.66 bits per heavy atom. The van der Waals surface area contributed by atoms with Gasteiger partial charge in [0.2, 0.25) is 5.91 Å². The zero-order valence-electron chi connectivity index (χ0n) is 18.5. The summed E-state index contributed by atoms with van der Waals surface area (Å²) < 4.78 is 37.6. The molecule has 2 amide bonds. The summed E-state index contributed by atoms with van der Waals surface area (Å²) in [6.07, 6.45) is 0.355. The first-order chi connectivity index (χ1) is 14.8. The van der Waals surface area contributed by atoms with Crippen molar-refractivity contribution in [2.75, 3.05) is 18.9 Å². The molecule has 2 aromatic carbocycles. The van der Waals surface area contributed by atoms with Crippen molar-refractivity contribution in [3.63, 3.8) is 0 Å². The molecule has 0 fully saturated rings. The zero-order chi connectivity index (χ0) is 23.9. The maximum Gasteiger partial charge on any atom is 0.251 e. The summed E-state index contributed by atoms with van der Waals surface area (Å²) in [7, 11) is -4.39. The van der Waals surface area contributed by atoms with Gasteiger partial charge in [-0.15, -0.1) is 0 Å².